The van der Waals surface area contributed by atoms with E-state index in [4.69, 9.17) is 11.6 Å². The lowest BCUT2D eigenvalue weighted by molar-refractivity contribution is 0.102. The first-order chi connectivity index (χ1) is 14.4. The summed E-state index contributed by atoms with van der Waals surface area (Å²) in [7, 11) is -3.68. The molecule has 1 N–H and O–H groups in total. The molecular formula is C20H20ClN3O3S3. The van der Waals surface area contributed by atoms with E-state index in [-0.39, 0.29) is 9.77 Å². The Kier molecular flexibility index (Phi) is 6.54. The third-order valence-corrected chi connectivity index (χ3v) is 9.13. The molecule has 6 nitrogen and oxygen atoms in total. The number of halogens is 1. The minimum Gasteiger partial charge on any atom is -0.297 e. The van der Waals surface area contributed by atoms with Gasteiger partial charge in [0, 0.05) is 35.6 Å². The minimum atomic E-state index is -3.68. The monoisotopic (exact) mass is 481 g/mol. The van der Waals surface area contributed by atoms with Gasteiger partial charge in [-0.25, -0.2) is 13.4 Å². The Balaban J connectivity index is 1.49. The number of thiophene rings is 1. The first-order valence-electron chi connectivity index (χ1n) is 9.52. The zero-order chi connectivity index (χ0) is 21.1. The molecule has 0 unspecified atom stereocenters. The van der Waals surface area contributed by atoms with Crippen LogP contribution in [-0.2, 0) is 16.4 Å². The number of hydrogen-bond donors (Lipinski definition) is 1. The number of anilines is 1. The van der Waals surface area contributed by atoms with Gasteiger partial charge in [-0.2, -0.15) is 4.31 Å². The van der Waals surface area contributed by atoms with Gasteiger partial charge in [0.2, 0.25) is 10.0 Å². The Labute approximate surface area is 188 Å². The number of thiazole rings is 1. The maximum atomic E-state index is 13.0. The number of carbonyl (C=O) groups is 1. The van der Waals surface area contributed by atoms with Gasteiger partial charge >= 0.3 is 0 Å². The third kappa shape index (κ3) is 4.60. The summed E-state index contributed by atoms with van der Waals surface area (Å²) in [6, 6.07) is 9.09. The molecule has 1 aromatic carbocycles. The summed E-state index contributed by atoms with van der Waals surface area (Å²) < 4.78 is 27.5. The van der Waals surface area contributed by atoms with Gasteiger partial charge in [-0.15, -0.1) is 22.7 Å². The Morgan fingerprint density at radius 2 is 1.93 bits per heavy atom. The van der Waals surface area contributed by atoms with Crippen molar-refractivity contribution in [3.63, 3.8) is 0 Å². The van der Waals surface area contributed by atoms with Crippen molar-refractivity contribution in [2.24, 2.45) is 0 Å². The van der Waals surface area contributed by atoms with Gasteiger partial charge in [0.15, 0.2) is 5.13 Å². The van der Waals surface area contributed by atoms with Crippen molar-refractivity contribution in [1.29, 1.82) is 0 Å². The predicted octanol–water partition coefficient (Wildman–Crippen LogP) is 4.88. The summed E-state index contributed by atoms with van der Waals surface area (Å²) in [6.07, 6.45) is 5.03. The molecule has 30 heavy (non-hydrogen) atoms. The highest BCUT2D eigenvalue weighted by Gasteiger charge is 2.31. The molecule has 0 saturated carbocycles. The van der Waals surface area contributed by atoms with E-state index in [0.29, 0.717) is 29.7 Å². The molecule has 1 saturated heterocycles. The van der Waals surface area contributed by atoms with E-state index < -0.39 is 15.9 Å². The van der Waals surface area contributed by atoms with E-state index >= 15 is 0 Å². The highest BCUT2D eigenvalue weighted by atomic mass is 35.5. The molecule has 3 aromatic rings. The fraction of sp³-hybridized carbons (Fsp3) is 0.300. The molecule has 0 atom stereocenters. The van der Waals surface area contributed by atoms with Crippen LogP contribution in [-0.4, -0.2) is 36.7 Å². The molecule has 1 aliphatic rings. The highest BCUT2D eigenvalue weighted by molar-refractivity contribution is 7.89. The number of rotatable bonds is 6. The number of nitrogens with zero attached hydrogens (tertiary/aromatic N) is 2. The van der Waals surface area contributed by atoms with Crippen molar-refractivity contribution in [3.05, 3.63) is 62.2 Å². The molecular weight excluding hydrogens is 462 g/mol. The number of benzene rings is 1. The van der Waals surface area contributed by atoms with Crippen LogP contribution in [0.15, 0.2) is 46.8 Å². The number of carbonyl (C=O) groups excluding carboxylic acids is 1. The SMILES string of the molecule is O=C(Nc1ncc(Cc2ccccc2Cl)s1)c1sccc1S(=O)(=O)N1CCCCC1. The molecule has 1 fully saturated rings. The minimum absolute atomic E-state index is 0.0692. The fourth-order valence-corrected chi connectivity index (χ4v) is 7.19. The van der Waals surface area contributed by atoms with Crippen molar-refractivity contribution >= 4 is 55.3 Å². The molecule has 0 radical (unpaired) electrons. The molecule has 0 aliphatic carbocycles. The van der Waals surface area contributed by atoms with Gasteiger partial charge in [0.25, 0.3) is 5.91 Å². The normalized spacial score (nSPS) is 15.2. The van der Waals surface area contributed by atoms with Crippen molar-refractivity contribution in [3.8, 4) is 0 Å². The van der Waals surface area contributed by atoms with Crippen LogP contribution in [0, 0.1) is 0 Å². The predicted molar refractivity (Wildman–Crippen MR) is 121 cm³/mol. The van der Waals surface area contributed by atoms with Gasteiger partial charge in [0.05, 0.1) is 0 Å². The number of hydrogen-bond acceptors (Lipinski definition) is 6. The quantitative estimate of drug-likeness (QED) is 0.544. The molecule has 10 heteroatoms. The van der Waals surface area contributed by atoms with Crippen molar-refractivity contribution in [1.82, 2.24) is 9.29 Å². The first kappa shape index (κ1) is 21.5. The van der Waals surface area contributed by atoms with E-state index in [9.17, 15) is 13.2 Å². The lowest BCUT2D eigenvalue weighted by Crippen LogP contribution is -2.36. The number of sulfonamides is 1. The van der Waals surface area contributed by atoms with E-state index in [1.807, 2.05) is 24.3 Å². The van der Waals surface area contributed by atoms with Crippen LogP contribution in [0.5, 0.6) is 0 Å². The Morgan fingerprint density at radius 3 is 2.70 bits per heavy atom. The Morgan fingerprint density at radius 1 is 1.17 bits per heavy atom. The summed E-state index contributed by atoms with van der Waals surface area (Å²) >= 11 is 8.68. The van der Waals surface area contributed by atoms with Crippen LogP contribution in [0.25, 0.3) is 0 Å². The van der Waals surface area contributed by atoms with Crippen molar-refractivity contribution in [2.45, 2.75) is 30.6 Å². The van der Waals surface area contributed by atoms with E-state index in [2.05, 4.69) is 10.3 Å². The first-order valence-corrected chi connectivity index (χ1v) is 13.0. The van der Waals surface area contributed by atoms with Gasteiger partial charge in [-0.3, -0.25) is 10.1 Å². The maximum Gasteiger partial charge on any atom is 0.268 e. The number of piperidine rings is 1. The molecule has 1 amide bonds. The molecule has 4 rings (SSSR count). The topological polar surface area (TPSA) is 79.4 Å². The molecule has 0 bridgehead atoms. The van der Waals surface area contributed by atoms with E-state index in [0.717, 1.165) is 41.0 Å². The summed E-state index contributed by atoms with van der Waals surface area (Å²) in [5, 5.41) is 5.49. The number of amides is 1. The second-order valence-corrected chi connectivity index (χ2v) is 11.3. The summed E-state index contributed by atoms with van der Waals surface area (Å²) in [6.45, 7) is 0.994. The van der Waals surface area contributed by atoms with Crippen molar-refractivity contribution < 1.29 is 13.2 Å². The number of aromatic nitrogens is 1. The fourth-order valence-electron chi connectivity index (χ4n) is 3.34. The molecule has 158 valence electrons. The van der Waals surface area contributed by atoms with E-state index in [1.165, 1.54) is 21.7 Å². The van der Waals surface area contributed by atoms with Crippen LogP contribution < -0.4 is 5.32 Å². The average Bonchev–Trinajstić information content (AvgIpc) is 3.40. The lowest BCUT2D eigenvalue weighted by Gasteiger charge is -2.25. The molecule has 0 spiro atoms. The second kappa shape index (κ2) is 9.15. The van der Waals surface area contributed by atoms with Gasteiger partial charge in [-0.1, -0.05) is 36.2 Å². The standard InChI is InChI=1S/C20H20ClN3O3S3/c21-16-7-3-2-6-14(16)12-15-13-22-20(29-15)23-19(25)18-17(8-11-28-18)30(26,27)24-9-4-1-5-10-24/h2-3,6-8,11,13H,1,4-5,9-10,12H2,(H,22,23,25). The molecule has 1 aliphatic heterocycles. The maximum absolute atomic E-state index is 13.0. The zero-order valence-electron chi connectivity index (χ0n) is 16.0. The van der Waals surface area contributed by atoms with Gasteiger partial charge < -0.3 is 0 Å². The van der Waals surface area contributed by atoms with Crippen molar-refractivity contribution in [2.75, 3.05) is 18.4 Å². The van der Waals surface area contributed by atoms with Crippen LogP contribution in [0.1, 0.15) is 39.4 Å². The largest absolute Gasteiger partial charge is 0.297 e. The van der Waals surface area contributed by atoms with E-state index in [1.54, 1.807) is 11.6 Å². The summed E-state index contributed by atoms with van der Waals surface area (Å²) in [5.41, 5.74) is 0.980. The Hall–Kier alpha value is -1.78. The van der Waals surface area contributed by atoms with Gasteiger partial charge in [0.1, 0.15) is 9.77 Å². The zero-order valence-corrected chi connectivity index (χ0v) is 19.2. The Bertz CT molecular complexity index is 1150. The summed E-state index contributed by atoms with van der Waals surface area (Å²) in [4.78, 5) is 18.3. The smallest absolute Gasteiger partial charge is 0.268 e. The summed E-state index contributed by atoms with van der Waals surface area (Å²) in [5.74, 6) is -0.459. The average molecular weight is 482 g/mol. The van der Waals surface area contributed by atoms with Crippen LogP contribution in [0.3, 0.4) is 0 Å². The molecule has 2 aromatic heterocycles. The highest BCUT2D eigenvalue weighted by Crippen LogP contribution is 2.29. The van der Waals surface area contributed by atoms with Crippen LogP contribution in [0.4, 0.5) is 5.13 Å². The van der Waals surface area contributed by atoms with Crippen LogP contribution >= 0.6 is 34.3 Å². The van der Waals surface area contributed by atoms with Crippen LogP contribution in [0.2, 0.25) is 5.02 Å². The van der Waals surface area contributed by atoms with Gasteiger partial charge in [-0.05, 0) is 35.9 Å². The third-order valence-electron chi connectivity index (χ3n) is 4.86. The second-order valence-electron chi connectivity index (χ2n) is 6.93. The lowest BCUT2D eigenvalue weighted by atomic mass is 10.1. The number of nitrogens with one attached hydrogen (secondary N) is 1. The molecule has 3 heterocycles.